The van der Waals surface area contributed by atoms with Crippen molar-refractivity contribution in [2.24, 2.45) is 0 Å². The average molecular weight is 324 g/mol. The van der Waals surface area contributed by atoms with Crippen LogP contribution in [0.1, 0.15) is 61.1 Å². The molecular formula is C20H24N2O2. The fourth-order valence-electron chi connectivity index (χ4n) is 3.28. The number of hydrogen-bond acceptors (Lipinski definition) is 2. The van der Waals surface area contributed by atoms with E-state index >= 15 is 0 Å². The second kappa shape index (κ2) is 6.27. The van der Waals surface area contributed by atoms with Gasteiger partial charge in [0.1, 0.15) is 0 Å². The zero-order chi connectivity index (χ0) is 17.3. The highest BCUT2D eigenvalue weighted by molar-refractivity contribution is 5.94. The Morgan fingerprint density at radius 2 is 1.75 bits per heavy atom. The van der Waals surface area contributed by atoms with E-state index in [9.17, 15) is 10.0 Å². The molecule has 24 heavy (non-hydrogen) atoms. The lowest BCUT2D eigenvalue weighted by molar-refractivity contribution is -0.605. The smallest absolute Gasteiger partial charge is 0.254 e. The Morgan fingerprint density at radius 1 is 1.12 bits per heavy atom. The summed E-state index contributed by atoms with van der Waals surface area (Å²) in [4.78, 5) is 14.7. The van der Waals surface area contributed by atoms with Crippen LogP contribution in [0.4, 0.5) is 0 Å². The molecule has 4 heteroatoms. The molecule has 2 aromatic rings. The third kappa shape index (κ3) is 3.28. The SMILES string of the molecule is CC(C)(C)c1ccc([C@@H]2CCCN2C(=O)c2cc[n+]([O-])cc2)cc1. The first-order valence-electron chi connectivity index (χ1n) is 8.46. The Balaban J connectivity index is 1.82. The van der Waals surface area contributed by atoms with Gasteiger partial charge in [-0.05, 0) is 29.4 Å². The normalized spacial score (nSPS) is 18.0. The van der Waals surface area contributed by atoms with Crippen molar-refractivity contribution >= 4 is 5.91 Å². The fourth-order valence-corrected chi connectivity index (χ4v) is 3.28. The van der Waals surface area contributed by atoms with Crippen LogP contribution >= 0.6 is 0 Å². The van der Waals surface area contributed by atoms with Gasteiger partial charge in [0.2, 0.25) is 0 Å². The van der Waals surface area contributed by atoms with Crippen LogP contribution in [0.3, 0.4) is 0 Å². The van der Waals surface area contributed by atoms with Gasteiger partial charge >= 0.3 is 0 Å². The number of benzene rings is 1. The Bertz CT molecular complexity index is 715. The summed E-state index contributed by atoms with van der Waals surface area (Å²) in [5, 5.41) is 11.2. The number of carbonyl (C=O) groups is 1. The van der Waals surface area contributed by atoms with Gasteiger partial charge < -0.3 is 10.1 Å². The number of hydrogen-bond donors (Lipinski definition) is 0. The second-order valence-electron chi connectivity index (χ2n) is 7.48. The lowest BCUT2D eigenvalue weighted by atomic mass is 9.86. The first-order chi connectivity index (χ1) is 11.4. The van der Waals surface area contributed by atoms with Crippen LogP contribution in [0, 0.1) is 5.21 Å². The summed E-state index contributed by atoms with van der Waals surface area (Å²) in [6.07, 6.45) is 4.73. The molecule has 3 rings (SSSR count). The highest BCUT2D eigenvalue weighted by atomic mass is 16.5. The van der Waals surface area contributed by atoms with E-state index < -0.39 is 0 Å². The maximum Gasteiger partial charge on any atom is 0.254 e. The third-order valence-corrected chi connectivity index (χ3v) is 4.72. The molecule has 126 valence electrons. The Labute approximate surface area is 143 Å². The zero-order valence-electron chi connectivity index (χ0n) is 14.5. The lowest BCUT2D eigenvalue weighted by Crippen LogP contribution is -2.32. The number of pyridine rings is 1. The van der Waals surface area contributed by atoms with E-state index in [1.165, 1.54) is 23.5 Å². The maximum atomic E-state index is 12.8. The molecule has 1 aliphatic heterocycles. The summed E-state index contributed by atoms with van der Waals surface area (Å²) >= 11 is 0. The molecule has 0 radical (unpaired) electrons. The molecule has 0 aliphatic carbocycles. The molecule has 1 saturated heterocycles. The van der Waals surface area contributed by atoms with Crippen LogP contribution < -0.4 is 4.73 Å². The third-order valence-electron chi connectivity index (χ3n) is 4.72. The number of aromatic nitrogens is 1. The number of carbonyl (C=O) groups excluding carboxylic acids is 1. The van der Waals surface area contributed by atoms with Gasteiger partial charge in [-0.3, -0.25) is 4.79 Å². The van der Waals surface area contributed by atoms with Crippen molar-refractivity contribution in [2.45, 2.75) is 45.1 Å². The van der Waals surface area contributed by atoms with E-state index in [0.29, 0.717) is 10.3 Å². The standard InChI is InChI=1S/C20H24N2O2/c1-20(2,3)17-8-6-15(7-9-17)18-5-4-12-22(18)19(23)16-10-13-21(24)14-11-16/h6-11,13-14,18H,4-5,12H2,1-3H3/t18-/m0/s1. The van der Waals surface area contributed by atoms with Crippen molar-refractivity contribution < 1.29 is 9.52 Å². The van der Waals surface area contributed by atoms with Gasteiger partial charge in [-0.15, -0.1) is 0 Å². The van der Waals surface area contributed by atoms with Crippen molar-refractivity contribution in [3.8, 4) is 0 Å². The molecule has 1 aromatic heterocycles. The molecule has 1 aromatic carbocycles. The topological polar surface area (TPSA) is 47.2 Å². The van der Waals surface area contributed by atoms with E-state index in [2.05, 4.69) is 45.0 Å². The first kappa shape index (κ1) is 16.5. The van der Waals surface area contributed by atoms with Gasteiger partial charge in [-0.2, -0.15) is 4.73 Å². The Morgan fingerprint density at radius 3 is 2.33 bits per heavy atom. The predicted octanol–water partition coefficient (Wildman–Crippen LogP) is 3.59. The molecule has 4 nitrogen and oxygen atoms in total. The highest BCUT2D eigenvalue weighted by Crippen LogP contribution is 2.34. The van der Waals surface area contributed by atoms with E-state index in [-0.39, 0.29) is 17.4 Å². The van der Waals surface area contributed by atoms with E-state index in [0.717, 1.165) is 19.4 Å². The largest absolute Gasteiger partial charge is 0.619 e. The van der Waals surface area contributed by atoms with Crippen LogP contribution in [0.15, 0.2) is 48.8 Å². The van der Waals surface area contributed by atoms with Crippen LogP contribution in [0.25, 0.3) is 0 Å². The zero-order valence-corrected chi connectivity index (χ0v) is 14.5. The monoisotopic (exact) mass is 324 g/mol. The molecule has 1 fully saturated rings. The van der Waals surface area contributed by atoms with E-state index in [4.69, 9.17) is 0 Å². The van der Waals surface area contributed by atoms with Gasteiger partial charge in [-0.25, -0.2) is 0 Å². The van der Waals surface area contributed by atoms with Gasteiger partial charge in [0, 0.05) is 18.7 Å². The van der Waals surface area contributed by atoms with E-state index in [1.54, 1.807) is 12.1 Å². The molecule has 1 aliphatic rings. The summed E-state index contributed by atoms with van der Waals surface area (Å²) < 4.78 is 0.698. The fraction of sp³-hybridized carbons (Fsp3) is 0.400. The lowest BCUT2D eigenvalue weighted by Gasteiger charge is -2.26. The molecule has 0 N–H and O–H groups in total. The van der Waals surface area contributed by atoms with Crippen molar-refractivity contribution in [1.82, 2.24) is 4.90 Å². The number of likely N-dealkylation sites (tertiary alicyclic amines) is 1. The summed E-state index contributed by atoms with van der Waals surface area (Å²) in [7, 11) is 0. The quantitative estimate of drug-likeness (QED) is 0.626. The van der Waals surface area contributed by atoms with Gasteiger partial charge in [0.25, 0.3) is 5.91 Å². The van der Waals surface area contributed by atoms with Gasteiger partial charge in [0.05, 0.1) is 11.6 Å². The van der Waals surface area contributed by atoms with Crippen LogP contribution in [0.2, 0.25) is 0 Å². The first-order valence-corrected chi connectivity index (χ1v) is 8.46. The van der Waals surface area contributed by atoms with Crippen molar-refractivity contribution in [1.29, 1.82) is 0 Å². The van der Waals surface area contributed by atoms with Gasteiger partial charge in [0.15, 0.2) is 12.4 Å². The molecule has 0 bridgehead atoms. The van der Waals surface area contributed by atoms with Crippen molar-refractivity contribution in [3.63, 3.8) is 0 Å². The minimum Gasteiger partial charge on any atom is -0.619 e. The summed E-state index contributed by atoms with van der Waals surface area (Å²) in [6, 6.07) is 11.9. The number of amides is 1. The molecule has 2 heterocycles. The molecule has 0 saturated carbocycles. The molecule has 0 spiro atoms. The molecule has 1 atom stereocenters. The predicted molar refractivity (Wildman–Crippen MR) is 93.6 cm³/mol. The van der Waals surface area contributed by atoms with Crippen molar-refractivity contribution in [2.75, 3.05) is 6.54 Å². The second-order valence-corrected chi connectivity index (χ2v) is 7.48. The maximum absolute atomic E-state index is 12.8. The van der Waals surface area contributed by atoms with Crippen LogP contribution in [-0.4, -0.2) is 17.4 Å². The van der Waals surface area contributed by atoms with Gasteiger partial charge in [-0.1, -0.05) is 45.0 Å². The van der Waals surface area contributed by atoms with Crippen LogP contribution in [-0.2, 0) is 5.41 Å². The summed E-state index contributed by atoms with van der Waals surface area (Å²) in [6.45, 7) is 7.36. The minimum absolute atomic E-state index is 0.00185. The highest BCUT2D eigenvalue weighted by Gasteiger charge is 2.31. The Hall–Kier alpha value is -2.36. The van der Waals surface area contributed by atoms with E-state index in [1.807, 2.05) is 4.90 Å². The molecule has 0 unspecified atom stereocenters. The number of rotatable bonds is 2. The molecular weight excluding hydrogens is 300 g/mol. The number of nitrogens with zero attached hydrogens (tertiary/aromatic N) is 2. The van der Waals surface area contributed by atoms with Crippen LogP contribution in [0.5, 0.6) is 0 Å². The van der Waals surface area contributed by atoms with Crippen molar-refractivity contribution in [3.05, 3.63) is 70.7 Å². The minimum atomic E-state index is -0.00185. The average Bonchev–Trinajstić information content (AvgIpc) is 3.04. The molecule has 1 amide bonds. The summed E-state index contributed by atoms with van der Waals surface area (Å²) in [5.74, 6) is -0.00185. The Kier molecular flexibility index (Phi) is 4.31. The summed E-state index contributed by atoms with van der Waals surface area (Å²) in [5.41, 5.74) is 3.18.